The van der Waals surface area contributed by atoms with Crippen LogP contribution in [-0.2, 0) is 16.1 Å². The third-order valence-corrected chi connectivity index (χ3v) is 3.05. The number of aromatic nitrogens is 1. The molecule has 0 aliphatic carbocycles. The van der Waals surface area contributed by atoms with Crippen LogP contribution >= 0.6 is 0 Å². The quantitative estimate of drug-likeness (QED) is 0.910. The van der Waals surface area contributed by atoms with E-state index < -0.39 is 23.7 Å². The first kappa shape index (κ1) is 15.9. The van der Waals surface area contributed by atoms with Gasteiger partial charge in [0.2, 0.25) is 0 Å². The van der Waals surface area contributed by atoms with Crippen molar-refractivity contribution in [2.24, 2.45) is 0 Å². The summed E-state index contributed by atoms with van der Waals surface area (Å²) in [5, 5.41) is 12.7. The van der Waals surface area contributed by atoms with Gasteiger partial charge in [0.05, 0.1) is 6.54 Å². The van der Waals surface area contributed by atoms with E-state index in [-0.39, 0.29) is 6.54 Å². The van der Waals surface area contributed by atoms with Crippen LogP contribution in [0.4, 0.5) is 4.79 Å². The summed E-state index contributed by atoms with van der Waals surface area (Å²) in [5.74, 6) is -1.11. The Kier molecular flexibility index (Phi) is 4.40. The molecule has 0 spiro atoms. The largest absolute Gasteiger partial charge is 0.480 e. The maximum absolute atomic E-state index is 11.8. The number of para-hydroxylation sites is 1. The SMILES string of the molecule is CC(C)(C)OC(=O)NC(Cn1ccc2ccccc21)C(=O)O. The molecule has 6 nitrogen and oxygen atoms in total. The van der Waals surface area contributed by atoms with Gasteiger partial charge in [-0.25, -0.2) is 9.59 Å². The standard InChI is InChI=1S/C16H20N2O4/c1-16(2,3)22-15(21)17-12(14(19)20)10-18-9-8-11-6-4-5-7-13(11)18/h4-9,12H,10H2,1-3H3,(H,17,21)(H,19,20). The van der Waals surface area contributed by atoms with Crippen LogP contribution in [0.15, 0.2) is 36.5 Å². The van der Waals surface area contributed by atoms with Crippen LogP contribution in [0.1, 0.15) is 20.8 Å². The van der Waals surface area contributed by atoms with Crippen LogP contribution in [0, 0.1) is 0 Å². The van der Waals surface area contributed by atoms with E-state index in [1.54, 1.807) is 31.5 Å². The lowest BCUT2D eigenvalue weighted by molar-refractivity contribution is -0.139. The second kappa shape index (κ2) is 6.09. The van der Waals surface area contributed by atoms with Crippen LogP contribution in [0.2, 0.25) is 0 Å². The maximum atomic E-state index is 11.8. The van der Waals surface area contributed by atoms with Gasteiger partial charge >= 0.3 is 12.1 Å². The van der Waals surface area contributed by atoms with Crippen LogP contribution in [-0.4, -0.2) is 33.4 Å². The lowest BCUT2D eigenvalue weighted by Gasteiger charge is -2.22. The minimum Gasteiger partial charge on any atom is -0.480 e. The molecule has 1 aromatic heterocycles. The van der Waals surface area contributed by atoms with E-state index in [1.807, 2.05) is 30.3 Å². The number of hydrogen-bond donors (Lipinski definition) is 2. The first-order valence-corrected chi connectivity index (χ1v) is 7.02. The van der Waals surface area contributed by atoms with E-state index in [2.05, 4.69) is 5.32 Å². The van der Waals surface area contributed by atoms with E-state index in [0.29, 0.717) is 0 Å². The minimum absolute atomic E-state index is 0.127. The highest BCUT2D eigenvalue weighted by Gasteiger charge is 2.24. The number of ether oxygens (including phenoxy) is 1. The molecule has 1 heterocycles. The highest BCUT2D eigenvalue weighted by atomic mass is 16.6. The van der Waals surface area contributed by atoms with Crippen LogP contribution in [0.25, 0.3) is 10.9 Å². The topological polar surface area (TPSA) is 80.6 Å². The van der Waals surface area contributed by atoms with Gasteiger partial charge in [-0.1, -0.05) is 18.2 Å². The number of nitrogens with one attached hydrogen (secondary N) is 1. The highest BCUT2D eigenvalue weighted by molar-refractivity contribution is 5.82. The fourth-order valence-corrected chi connectivity index (χ4v) is 2.13. The molecule has 2 aromatic rings. The Morgan fingerprint density at radius 1 is 1.27 bits per heavy atom. The second-order valence-corrected chi connectivity index (χ2v) is 6.06. The van der Waals surface area contributed by atoms with Crippen molar-refractivity contribution in [2.45, 2.75) is 39.0 Å². The molecule has 0 bridgehead atoms. The minimum atomic E-state index is -1.11. The van der Waals surface area contributed by atoms with Crippen LogP contribution in [0.5, 0.6) is 0 Å². The van der Waals surface area contributed by atoms with Gasteiger partial charge in [-0.2, -0.15) is 0 Å². The summed E-state index contributed by atoms with van der Waals surface area (Å²) in [6.45, 7) is 5.30. The zero-order valence-electron chi connectivity index (χ0n) is 12.9. The molecule has 2 N–H and O–H groups in total. The summed E-state index contributed by atoms with van der Waals surface area (Å²) in [4.78, 5) is 23.1. The summed E-state index contributed by atoms with van der Waals surface area (Å²) in [6.07, 6.45) is 1.06. The monoisotopic (exact) mass is 304 g/mol. The molecule has 0 aliphatic rings. The predicted molar refractivity (Wildman–Crippen MR) is 82.7 cm³/mol. The van der Waals surface area contributed by atoms with Gasteiger partial charge in [-0.3, -0.25) is 0 Å². The zero-order chi connectivity index (χ0) is 16.3. The number of rotatable bonds is 4. The number of carbonyl (C=O) groups is 2. The van der Waals surface area contributed by atoms with Crippen molar-refractivity contribution in [1.29, 1.82) is 0 Å². The molecule has 1 unspecified atom stereocenters. The van der Waals surface area contributed by atoms with Crippen molar-refractivity contribution in [3.63, 3.8) is 0 Å². The molecule has 1 amide bonds. The number of carboxylic acid groups (broad SMARTS) is 1. The van der Waals surface area contributed by atoms with Crippen molar-refractivity contribution in [3.05, 3.63) is 36.5 Å². The predicted octanol–water partition coefficient (Wildman–Crippen LogP) is 2.62. The Hall–Kier alpha value is -2.50. The summed E-state index contributed by atoms with van der Waals surface area (Å²) in [5.41, 5.74) is 0.243. The number of nitrogens with zero attached hydrogens (tertiary/aromatic N) is 1. The van der Waals surface area contributed by atoms with Gasteiger partial charge in [0, 0.05) is 11.7 Å². The summed E-state index contributed by atoms with van der Waals surface area (Å²) >= 11 is 0. The smallest absolute Gasteiger partial charge is 0.408 e. The molecule has 6 heteroatoms. The number of hydrogen-bond acceptors (Lipinski definition) is 3. The van der Waals surface area contributed by atoms with Gasteiger partial charge < -0.3 is 19.7 Å². The molecule has 0 fully saturated rings. The van der Waals surface area contributed by atoms with E-state index >= 15 is 0 Å². The normalized spacial score (nSPS) is 12.9. The third-order valence-electron chi connectivity index (χ3n) is 3.05. The summed E-state index contributed by atoms with van der Waals surface area (Å²) in [7, 11) is 0. The molecule has 1 aromatic carbocycles. The van der Waals surface area contributed by atoms with E-state index in [4.69, 9.17) is 4.74 Å². The molecular formula is C16H20N2O4. The Morgan fingerprint density at radius 3 is 2.59 bits per heavy atom. The van der Waals surface area contributed by atoms with Crippen molar-refractivity contribution < 1.29 is 19.4 Å². The Morgan fingerprint density at radius 2 is 1.95 bits per heavy atom. The Balaban J connectivity index is 2.12. The molecular weight excluding hydrogens is 284 g/mol. The summed E-state index contributed by atoms with van der Waals surface area (Å²) < 4.78 is 6.90. The molecule has 0 saturated heterocycles. The van der Waals surface area contributed by atoms with E-state index in [0.717, 1.165) is 10.9 Å². The second-order valence-electron chi connectivity index (χ2n) is 6.06. The van der Waals surface area contributed by atoms with Crippen LogP contribution < -0.4 is 5.32 Å². The molecule has 0 saturated carbocycles. The van der Waals surface area contributed by atoms with Gasteiger partial charge in [0.15, 0.2) is 0 Å². The third kappa shape index (κ3) is 4.00. The number of amides is 1. The molecule has 0 radical (unpaired) electrons. The molecule has 22 heavy (non-hydrogen) atoms. The number of fused-ring (bicyclic) bond motifs is 1. The molecule has 2 rings (SSSR count). The highest BCUT2D eigenvalue weighted by Crippen LogP contribution is 2.15. The van der Waals surface area contributed by atoms with Gasteiger partial charge in [0.1, 0.15) is 11.6 Å². The average molecular weight is 304 g/mol. The van der Waals surface area contributed by atoms with Crippen molar-refractivity contribution in [3.8, 4) is 0 Å². The summed E-state index contributed by atoms with van der Waals surface area (Å²) in [6, 6.07) is 8.49. The number of benzene rings is 1. The number of alkyl carbamates (subject to hydrolysis) is 1. The number of carboxylic acids is 1. The van der Waals surface area contributed by atoms with Gasteiger partial charge in [0.25, 0.3) is 0 Å². The number of aliphatic carboxylic acids is 1. The van der Waals surface area contributed by atoms with Crippen molar-refractivity contribution in [2.75, 3.05) is 0 Å². The van der Waals surface area contributed by atoms with Gasteiger partial charge in [-0.05, 0) is 38.3 Å². The lowest BCUT2D eigenvalue weighted by atomic mass is 10.2. The zero-order valence-corrected chi connectivity index (χ0v) is 12.9. The molecule has 1 atom stereocenters. The fourth-order valence-electron chi connectivity index (χ4n) is 2.13. The lowest BCUT2D eigenvalue weighted by Crippen LogP contribution is -2.45. The van der Waals surface area contributed by atoms with Crippen molar-refractivity contribution in [1.82, 2.24) is 9.88 Å². The van der Waals surface area contributed by atoms with Crippen molar-refractivity contribution >= 4 is 23.0 Å². The van der Waals surface area contributed by atoms with E-state index in [9.17, 15) is 14.7 Å². The molecule has 118 valence electrons. The molecule has 0 aliphatic heterocycles. The first-order chi connectivity index (χ1) is 10.3. The average Bonchev–Trinajstić information content (AvgIpc) is 2.79. The Bertz CT molecular complexity index is 685. The number of carbonyl (C=O) groups excluding carboxylic acids is 1. The first-order valence-electron chi connectivity index (χ1n) is 7.02. The van der Waals surface area contributed by atoms with Gasteiger partial charge in [-0.15, -0.1) is 0 Å². The fraction of sp³-hybridized carbons (Fsp3) is 0.375. The Labute approximate surface area is 128 Å². The van der Waals surface area contributed by atoms with E-state index in [1.165, 1.54) is 0 Å². The maximum Gasteiger partial charge on any atom is 0.408 e. The van der Waals surface area contributed by atoms with Crippen LogP contribution in [0.3, 0.4) is 0 Å².